The fourth-order valence-electron chi connectivity index (χ4n) is 1.69. The molecule has 0 heterocycles. The molecule has 4 heteroatoms. The number of aromatic carboxylic acids is 2. The molecule has 0 aliphatic heterocycles. The van der Waals surface area contributed by atoms with E-state index < -0.39 is 11.9 Å². The smallest absolute Gasteiger partial charge is 0.335 e. The first-order valence-electron chi connectivity index (χ1n) is 5.66. The van der Waals surface area contributed by atoms with Gasteiger partial charge in [0, 0.05) is 0 Å². The second-order valence-corrected chi connectivity index (χ2v) is 4.28. The summed E-state index contributed by atoms with van der Waals surface area (Å²) in [6.07, 6.45) is 0. The van der Waals surface area contributed by atoms with E-state index in [4.69, 9.17) is 10.2 Å². The molecule has 0 fully saturated rings. The van der Waals surface area contributed by atoms with Gasteiger partial charge in [-0.05, 0) is 41.8 Å². The van der Waals surface area contributed by atoms with E-state index in [2.05, 4.69) is 24.3 Å². The maximum atomic E-state index is 10.5. The van der Waals surface area contributed by atoms with Gasteiger partial charge in [-0.2, -0.15) is 0 Å². The maximum absolute atomic E-state index is 10.5. The lowest BCUT2D eigenvalue weighted by molar-refractivity contribution is 0.0696. The Hall–Kier alpha value is -2.62. The van der Waals surface area contributed by atoms with Crippen LogP contribution in [0.1, 0.15) is 26.3 Å². The van der Waals surface area contributed by atoms with E-state index >= 15 is 0 Å². The minimum Gasteiger partial charge on any atom is -0.478 e. The lowest BCUT2D eigenvalue weighted by Crippen LogP contribution is -2.02. The van der Waals surface area contributed by atoms with E-state index in [0.29, 0.717) is 5.56 Å². The van der Waals surface area contributed by atoms with Gasteiger partial charge in [0.2, 0.25) is 0 Å². The van der Waals surface area contributed by atoms with Gasteiger partial charge in [-0.3, -0.25) is 0 Å². The fourth-order valence-corrected chi connectivity index (χ4v) is 1.69. The number of carboxylic acids is 2. The molecule has 4 nitrogen and oxygen atoms in total. The molecule has 0 saturated carbocycles. The predicted molar refractivity (Wildman–Crippen MR) is 70.5 cm³/mol. The van der Waals surface area contributed by atoms with Crippen LogP contribution in [0.15, 0.2) is 42.5 Å². The van der Waals surface area contributed by atoms with Crippen LogP contribution >= 0.6 is 0 Å². The number of fused-ring (bicyclic) bond motifs is 1. The SMILES string of the molecule is Cc1cc(C(=O)O)cc(C(=O)O)c1.c1cc2ccc1-2. The number of carboxylic acid groups (broad SMARTS) is 2. The summed E-state index contributed by atoms with van der Waals surface area (Å²) in [5.41, 5.74) is 3.47. The van der Waals surface area contributed by atoms with Crippen molar-refractivity contribution in [2.45, 2.75) is 6.92 Å². The molecule has 19 heavy (non-hydrogen) atoms. The molecule has 2 aliphatic carbocycles. The lowest BCUT2D eigenvalue weighted by atomic mass is 9.95. The van der Waals surface area contributed by atoms with Gasteiger partial charge in [-0.1, -0.05) is 24.3 Å². The average molecular weight is 256 g/mol. The van der Waals surface area contributed by atoms with Crippen LogP contribution in [0, 0.1) is 6.92 Å². The summed E-state index contributed by atoms with van der Waals surface area (Å²) in [6.45, 7) is 1.65. The molecule has 0 bridgehead atoms. The van der Waals surface area contributed by atoms with E-state index in [-0.39, 0.29) is 11.1 Å². The summed E-state index contributed by atoms with van der Waals surface area (Å²) >= 11 is 0. The molecule has 0 amide bonds. The summed E-state index contributed by atoms with van der Waals surface area (Å²) in [4.78, 5) is 21.1. The summed E-state index contributed by atoms with van der Waals surface area (Å²) in [5, 5.41) is 17.2. The van der Waals surface area contributed by atoms with Crippen molar-refractivity contribution >= 4 is 11.9 Å². The topological polar surface area (TPSA) is 74.6 Å². The summed E-state index contributed by atoms with van der Waals surface area (Å²) < 4.78 is 0. The van der Waals surface area contributed by atoms with Gasteiger partial charge < -0.3 is 10.2 Å². The molecule has 0 aromatic heterocycles. The number of rotatable bonds is 2. The maximum Gasteiger partial charge on any atom is 0.335 e. The summed E-state index contributed by atoms with van der Waals surface area (Å²) in [5.74, 6) is -2.24. The Labute approximate surface area is 109 Å². The van der Waals surface area contributed by atoms with Crippen molar-refractivity contribution in [3.8, 4) is 11.1 Å². The molecule has 0 unspecified atom stereocenters. The summed E-state index contributed by atoms with van der Waals surface area (Å²) in [6, 6.07) is 12.5. The van der Waals surface area contributed by atoms with E-state index in [9.17, 15) is 9.59 Å². The molecule has 2 N–H and O–H groups in total. The first-order valence-corrected chi connectivity index (χ1v) is 5.66. The number of aryl methyl sites for hydroxylation is 1. The Balaban J connectivity index is 0.000000180. The standard InChI is InChI=1S/C9H8O4.C6H4/c1-5-2-6(8(10)11)4-7(3-5)9(12)13;1-2-6-4-3-5(1)6/h2-4H,1H3,(H,10,11)(H,12,13);1-4H. The normalized spacial score (nSPS) is 10.2. The van der Waals surface area contributed by atoms with E-state index in [0.717, 1.165) is 6.07 Å². The monoisotopic (exact) mass is 256 g/mol. The molecule has 96 valence electrons. The van der Waals surface area contributed by atoms with Crippen molar-refractivity contribution in [3.05, 3.63) is 59.2 Å². The molecule has 0 radical (unpaired) electrons. The van der Waals surface area contributed by atoms with E-state index in [1.165, 1.54) is 23.3 Å². The highest BCUT2D eigenvalue weighted by Gasteiger charge is 2.09. The molecular weight excluding hydrogens is 244 g/mol. The van der Waals surface area contributed by atoms with E-state index in [1.54, 1.807) is 6.92 Å². The third kappa shape index (κ3) is 2.80. The van der Waals surface area contributed by atoms with Gasteiger partial charge in [0.25, 0.3) is 0 Å². The van der Waals surface area contributed by atoms with Crippen molar-refractivity contribution in [1.82, 2.24) is 0 Å². The Morgan fingerprint density at radius 2 is 1.16 bits per heavy atom. The lowest BCUT2D eigenvalue weighted by Gasteiger charge is -2.10. The number of benzene rings is 2. The van der Waals surface area contributed by atoms with Crippen LogP contribution in [-0.4, -0.2) is 22.2 Å². The highest BCUT2D eigenvalue weighted by Crippen LogP contribution is 2.29. The Bertz CT molecular complexity index is 588. The van der Waals surface area contributed by atoms with Crippen molar-refractivity contribution in [2.75, 3.05) is 0 Å². The van der Waals surface area contributed by atoms with Gasteiger partial charge in [-0.25, -0.2) is 9.59 Å². The zero-order valence-corrected chi connectivity index (χ0v) is 10.3. The molecule has 1 aromatic carbocycles. The molecule has 3 rings (SSSR count). The first kappa shape index (κ1) is 12.8. The van der Waals surface area contributed by atoms with Crippen LogP contribution in [0.25, 0.3) is 11.1 Å². The van der Waals surface area contributed by atoms with Crippen LogP contribution in [0.2, 0.25) is 0 Å². The zero-order valence-electron chi connectivity index (χ0n) is 10.3. The van der Waals surface area contributed by atoms with Gasteiger partial charge in [0.15, 0.2) is 0 Å². The van der Waals surface area contributed by atoms with Crippen LogP contribution in [0.4, 0.5) is 0 Å². The van der Waals surface area contributed by atoms with Crippen LogP contribution in [0.3, 0.4) is 0 Å². The second-order valence-electron chi connectivity index (χ2n) is 4.28. The van der Waals surface area contributed by atoms with Crippen LogP contribution in [0.5, 0.6) is 0 Å². The molecule has 0 atom stereocenters. The van der Waals surface area contributed by atoms with Crippen molar-refractivity contribution in [3.63, 3.8) is 0 Å². The highest BCUT2D eigenvalue weighted by atomic mass is 16.4. The predicted octanol–water partition coefficient (Wildman–Crippen LogP) is 3.06. The minimum absolute atomic E-state index is 0.00241. The van der Waals surface area contributed by atoms with Crippen molar-refractivity contribution in [1.29, 1.82) is 0 Å². The fraction of sp³-hybridized carbons (Fsp3) is 0.0667. The molecule has 0 saturated heterocycles. The number of hydrogen-bond donors (Lipinski definition) is 2. The number of carbonyl (C=O) groups is 2. The highest BCUT2D eigenvalue weighted by molar-refractivity contribution is 5.94. The quantitative estimate of drug-likeness (QED) is 0.739. The largest absolute Gasteiger partial charge is 0.478 e. The Morgan fingerprint density at radius 3 is 1.37 bits per heavy atom. The third-order valence-corrected chi connectivity index (χ3v) is 2.79. The second kappa shape index (κ2) is 4.94. The molecule has 2 aliphatic rings. The zero-order chi connectivity index (χ0) is 14.0. The minimum atomic E-state index is -1.12. The van der Waals surface area contributed by atoms with Gasteiger partial charge in [0.05, 0.1) is 11.1 Å². The van der Waals surface area contributed by atoms with Gasteiger partial charge in [0.1, 0.15) is 0 Å². The van der Waals surface area contributed by atoms with Gasteiger partial charge >= 0.3 is 11.9 Å². The van der Waals surface area contributed by atoms with Crippen LogP contribution in [-0.2, 0) is 0 Å². The number of hydrogen-bond acceptors (Lipinski definition) is 2. The van der Waals surface area contributed by atoms with Crippen LogP contribution < -0.4 is 0 Å². The van der Waals surface area contributed by atoms with E-state index in [1.807, 2.05) is 0 Å². The summed E-state index contributed by atoms with van der Waals surface area (Å²) in [7, 11) is 0. The third-order valence-electron chi connectivity index (χ3n) is 2.79. The van der Waals surface area contributed by atoms with Crippen molar-refractivity contribution in [2.24, 2.45) is 0 Å². The van der Waals surface area contributed by atoms with Crippen molar-refractivity contribution < 1.29 is 19.8 Å². The first-order chi connectivity index (χ1) is 8.97. The Kier molecular flexibility index (Phi) is 3.33. The average Bonchev–Trinajstić information content (AvgIpc) is 2.33. The van der Waals surface area contributed by atoms with Gasteiger partial charge in [-0.15, -0.1) is 0 Å². The molecule has 1 aromatic rings. The Morgan fingerprint density at radius 1 is 0.789 bits per heavy atom. The molecular formula is C15H12O4. The molecule has 0 spiro atoms.